The van der Waals surface area contributed by atoms with Gasteiger partial charge in [0.2, 0.25) is 5.95 Å². The molecule has 40 heavy (non-hydrogen) atoms. The first-order valence-electron chi connectivity index (χ1n) is 13.1. The Bertz CT molecular complexity index is 1310. The zero-order valence-corrected chi connectivity index (χ0v) is 25.5. The topological polar surface area (TPSA) is 146 Å². The maximum absolute atomic E-state index is 15.4. The average Bonchev–Trinajstić information content (AvgIpc) is 2.87. The van der Waals surface area contributed by atoms with Crippen LogP contribution in [-0.4, -0.2) is 64.0 Å². The zero-order chi connectivity index (χ0) is 29.6. The molecule has 1 saturated heterocycles. The number of halogens is 1. The van der Waals surface area contributed by atoms with Crippen LogP contribution in [0, 0.1) is 5.82 Å². The van der Waals surface area contributed by atoms with E-state index in [2.05, 4.69) is 53.2 Å². The maximum atomic E-state index is 15.4. The molecule has 1 aromatic carbocycles. The van der Waals surface area contributed by atoms with Gasteiger partial charge in [-0.2, -0.15) is 8.42 Å². The Hall–Kier alpha value is -3.10. The molecule has 1 aliphatic rings. The summed E-state index contributed by atoms with van der Waals surface area (Å²) in [6.07, 6.45) is 3.24. The van der Waals surface area contributed by atoms with Crippen molar-refractivity contribution in [1.82, 2.24) is 9.97 Å². The predicted octanol–water partition coefficient (Wildman–Crippen LogP) is 4.59. The van der Waals surface area contributed by atoms with Gasteiger partial charge in [0.25, 0.3) is 0 Å². The molecule has 0 aliphatic carbocycles. The molecule has 3 rings (SSSR count). The van der Waals surface area contributed by atoms with Crippen molar-refractivity contribution in [2.45, 2.75) is 64.8 Å². The molecule has 11 nitrogen and oxygen atoms in total. The number of rotatable bonds is 11. The fourth-order valence-electron chi connectivity index (χ4n) is 3.67. The minimum Gasteiger partial charge on any atom is -0.412 e. The number of primary amides is 1. The van der Waals surface area contributed by atoms with E-state index in [1.807, 2.05) is 11.0 Å². The highest BCUT2D eigenvalue weighted by atomic mass is 32.2. The Morgan fingerprint density at radius 1 is 1.18 bits per heavy atom. The minimum atomic E-state index is -4.01. The van der Waals surface area contributed by atoms with Gasteiger partial charge in [-0.25, -0.2) is 19.2 Å². The lowest BCUT2D eigenvalue weighted by Gasteiger charge is -2.36. The van der Waals surface area contributed by atoms with Crippen LogP contribution in [0.3, 0.4) is 0 Å². The number of oxime groups is 1. The molecule has 0 spiro atoms. The van der Waals surface area contributed by atoms with Crippen LogP contribution < -0.4 is 10.6 Å². The van der Waals surface area contributed by atoms with E-state index in [0.717, 1.165) is 5.71 Å². The van der Waals surface area contributed by atoms with Gasteiger partial charge in [-0.15, -0.1) is 0 Å². The second kappa shape index (κ2) is 13.0. The fourth-order valence-corrected chi connectivity index (χ4v) is 5.43. The quantitative estimate of drug-likeness (QED) is 0.170. The summed E-state index contributed by atoms with van der Waals surface area (Å²) in [6.45, 7) is 12.3. The second-order valence-electron chi connectivity index (χ2n) is 11.1. The molecule has 0 radical (unpaired) electrons. The van der Waals surface area contributed by atoms with Crippen LogP contribution in [0.15, 0.2) is 35.7 Å². The first-order chi connectivity index (χ1) is 18.7. The second-order valence-corrected chi connectivity index (χ2v) is 17.6. The molecule has 2 aromatic rings. The van der Waals surface area contributed by atoms with Gasteiger partial charge in [-0.1, -0.05) is 44.1 Å². The van der Waals surface area contributed by atoms with E-state index in [0.29, 0.717) is 48.6 Å². The molecule has 220 valence electrons. The SMILES string of the molecule is CC(C)(C)[Si](C)(C)OCc1cccc(-c2cnc(N3CCC(=NOCCCS(=O)(=O)OC(N)=O)CC3)nc2)c1F. The summed E-state index contributed by atoms with van der Waals surface area (Å²) in [5.41, 5.74) is 7.08. The lowest BCUT2D eigenvalue weighted by atomic mass is 10.1. The van der Waals surface area contributed by atoms with Gasteiger partial charge in [0.05, 0.1) is 18.1 Å². The smallest absolute Gasteiger partial charge is 0.412 e. The molecule has 0 atom stereocenters. The summed E-state index contributed by atoms with van der Waals surface area (Å²) in [7, 11) is -6.03. The van der Waals surface area contributed by atoms with Crippen molar-refractivity contribution in [3.63, 3.8) is 0 Å². The molecule has 1 fully saturated rings. The third-order valence-corrected chi connectivity index (χ3v) is 12.8. The fraction of sp³-hybridized carbons (Fsp3) is 0.538. The highest BCUT2D eigenvalue weighted by Crippen LogP contribution is 2.37. The van der Waals surface area contributed by atoms with Gasteiger partial charge in [-0.05, 0) is 18.1 Å². The van der Waals surface area contributed by atoms with Crippen molar-refractivity contribution in [2.75, 3.05) is 30.3 Å². The van der Waals surface area contributed by atoms with Crippen molar-refractivity contribution in [3.05, 3.63) is 42.0 Å². The number of aromatic nitrogens is 2. The maximum Gasteiger partial charge on any atom is 0.420 e. The summed E-state index contributed by atoms with van der Waals surface area (Å²) < 4.78 is 48.5. The largest absolute Gasteiger partial charge is 0.420 e. The Labute approximate surface area is 236 Å². The van der Waals surface area contributed by atoms with Gasteiger partial charge < -0.3 is 24.1 Å². The Kier molecular flexibility index (Phi) is 10.2. The lowest BCUT2D eigenvalue weighted by molar-refractivity contribution is 0.143. The van der Waals surface area contributed by atoms with E-state index in [1.165, 1.54) is 0 Å². The number of hydrogen-bond donors (Lipinski definition) is 1. The number of hydrogen-bond acceptors (Lipinski definition) is 10. The molecule has 14 heteroatoms. The number of nitrogens with two attached hydrogens (primary N) is 1. The molecule has 2 N–H and O–H groups in total. The Morgan fingerprint density at radius 2 is 1.82 bits per heavy atom. The zero-order valence-electron chi connectivity index (χ0n) is 23.6. The third kappa shape index (κ3) is 8.70. The number of anilines is 1. The van der Waals surface area contributed by atoms with Gasteiger partial charge in [0, 0.05) is 61.4 Å². The molecule has 2 heterocycles. The van der Waals surface area contributed by atoms with Crippen molar-refractivity contribution in [1.29, 1.82) is 0 Å². The molecule has 1 aliphatic heterocycles. The monoisotopic (exact) mass is 595 g/mol. The van der Waals surface area contributed by atoms with E-state index >= 15 is 4.39 Å². The van der Waals surface area contributed by atoms with Crippen molar-refractivity contribution in [2.24, 2.45) is 10.9 Å². The molecule has 1 amide bonds. The van der Waals surface area contributed by atoms with Gasteiger partial charge in [0.15, 0.2) is 8.32 Å². The van der Waals surface area contributed by atoms with Crippen molar-refractivity contribution in [3.8, 4) is 11.1 Å². The summed E-state index contributed by atoms with van der Waals surface area (Å²) in [5, 5.41) is 4.12. The molecule has 0 unspecified atom stereocenters. The summed E-state index contributed by atoms with van der Waals surface area (Å²) in [5.74, 6) is -0.184. The van der Waals surface area contributed by atoms with Crippen LogP contribution in [0.4, 0.5) is 15.1 Å². The van der Waals surface area contributed by atoms with E-state index in [4.69, 9.17) is 15.0 Å². The third-order valence-electron chi connectivity index (χ3n) is 7.08. The van der Waals surface area contributed by atoms with E-state index in [9.17, 15) is 13.2 Å². The number of piperidine rings is 1. The van der Waals surface area contributed by atoms with E-state index in [1.54, 1.807) is 24.5 Å². The van der Waals surface area contributed by atoms with Crippen molar-refractivity contribution >= 4 is 36.2 Å². The lowest BCUT2D eigenvalue weighted by Crippen LogP contribution is -2.40. The number of amides is 1. The number of carbonyl (C=O) groups is 1. The highest BCUT2D eigenvalue weighted by molar-refractivity contribution is 7.87. The normalized spacial score (nSPS) is 14.7. The van der Waals surface area contributed by atoms with Gasteiger partial charge in [0.1, 0.15) is 12.4 Å². The molecular weight excluding hydrogens is 557 g/mol. The Morgan fingerprint density at radius 3 is 2.42 bits per heavy atom. The molecular formula is C26H38FN5O6SSi. The van der Waals surface area contributed by atoms with Crippen LogP contribution in [0.2, 0.25) is 18.1 Å². The number of nitrogens with zero attached hydrogens (tertiary/aromatic N) is 4. The first kappa shape index (κ1) is 31.4. The summed E-state index contributed by atoms with van der Waals surface area (Å²) in [6, 6.07) is 5.28. The number of benzene rings is 1. The molecule has 1 aromatic heterocycles. The van der Waals surface area contributed by atoms with E-state index in [-0.39, 0.29) is 30.5 Å². The van der Waals surface area contributed by atoms with Crippen LogP contribution in [0.5, 0.6) is 0 Å². The van der Waals surface area contributed by atoms with Crippen molar-refractivity contribution < 1.29 is 31.0 Å². The van der Waals surface area contributed by atoms with Gasteiger partial charge in [-0.3, -0.25) is 0 Å². The highest BCUT2D eigenvalue weighted by Gasteiger charge is 2.37. The van der Waals surface area contributed by atoms with Gasteiger partial charge >= 0.3 is 16.2 Å². The Balaban J connectivity index is 1.52. The first-order valence-corrected chi connectivity index (χ1v) is 17.5. The summed E-state index contributed by atoms with van der Waals surface area (Å²) >= 11 is 0. The van der Waals surface area contributed by atoms with Crippen LogP contribution in [0.1, 0.15) is 45.6 Å². The minimum absolute atomic E-state index is 0.0358. The van der Waals surface area contributed by atoms with Crippen LogP contribution in [-0.2, 0) is 30.2 Å². The predicted molar refractivity (Wildman–Crippen MR) is 153 cm³/mol. The molecule has 0 saturated carbocycles. The average molecular weight is 596 g/mol. The van der Waals surface area contributed by atoms with E-state index < -0.39 is 30.3 Å². The van der Waals surface area contributed by atoms with Crippen LogP contribution >= 0.6 is 0 Å². The summed E-state index contributed by atoms with van der Waals surface area (Å²) in [4.78, 5) is 26.7. The number of carbonyl (C=O) groups excluding carboxylic acids is 1. The standard InChI is InChI=1S/C26H38FN5O6SSi/c1-26(2,3)40(4,5)37-18-19-8-6-9-22(23(19)27)20-16-29-25(30-17-20)32-12-10-21(11-13-32)31-36-14-7-15-39(34,35)38-24(28)33/h6,8-9,16-17H,7,10-15,18H2,1-5H3,(H2,28,33). The van der Waals surface area contributed by atoms with Crippen LogP contribution in [0.25, 0.3) is 11.1 Å². The molecule has 0 bridgehead atoms.